The molecule has 2 aliphatic rings. The number of carbonyl (C=O) groups excluding carboxylic acids is 1. The minimum absolute atomic E-state index is 0.0522. The van der Waals surface area contributed by atoms with E-state index in [2.05, 4.69) is 5.32 Å². The molecule has 1 aromatic rings. The van der Waals surface area contributed by atoms with E-state index in [1.165, 1.54) is 18.2 Å². The minimum Gasteiger partial charge on any atom is -0.508 e. The SMILES string of the molecule is CCOC(CS(=O)(=O)N1CC(=O)Nc2ccc(O)cc21)C1CC1. The standard InChI is InChI=1S/C15H20N2O5S/c1-2-22-14(10-3-4-10)9-23(20,21)17-8-15(19)16-12-6-5-11(18)7-13(12)17/h5-7,10,14,18H,2-4,8-9H2,1H3,(H,16,19). The number of hydrogen-bond acceptors (Lipinski definition) is 5. The molecule has 8 heteroatoms. The molecule has 0 aromatic heterocycles. The number of sulfonamides is 1. The number of phenolic OH excluding ortho intramolecular Hbond substituents is 1. The summed E-state index contributed by atoms with van der Waals surface area (Å²) in [5.74, 6) is -0.338. The number of fused-ring (bicyclic) bond motifs is 1. The number of hydrogen-bond donors (Lipinski definition) is 2. The van der Waals surface area contributed by atoms with Crippen LogP contribution in [0, 0.1) is 5.92 Å². The number of anilines is 2. The number of rotatable bonds is 6. The van der Waals surface area contributed by atoms with Crippen molar-refractivity contribution in [2.24, 2.45) is 5.92 Å². The molecule has 1 aromatic carbocycles. The van der Waals surface area contributed by atoms with Gasteiger partial charge in [-0.1, -0.05) is 0 Å². The van der Waals surface area contributed by atoms with Crippen molar-refractivity contribution in [3.8, 4) is 5.75 Å². The molecule has 2 N–H and O–H groups in total. The molecular weight excluding hydrogens is 320 g/mol. The second-order valence-corrected chi connectivity index (χ2v) is 7.80. The van der Waals surface area contributed by atoms with Crippen molar-refractivity contribution in [3.05, 3.63) is 18.2 Å². The molecule has 1 fully saturated rings. The Labute approximate surface area is 135 Å². The van der Waals surface area contributed by atoms with Crippen LogP contribution in [0.2, 0.25) is 0 Å². The van der Waals surface area contributed by atoms with E-state index in [1.54, 1.807) is 0 Å². The molecule has 0 spiro atoms. The number of ether oxygens (including phenoxy) is 1. The van der Waals surface area contributed by atoms with Crippen molar-refractivity contribution in [2.75, 3.05) is 28.5 Å². The average molecular weight is 340 g/mol. The lowest BCUT2D eigenvalue weighted by atomic mass is 10.2. The number of nitrogens with one attached hydrogen (secondary N) is 1. The first-order valence-electron chi connectivity index (χ1n) is 7.65. The molecule has 3 rings (SSSR count). The van der Waals surface area contributed by atoms with Crippen molar-refractivity contribution >= 4 is 27.3 Å². The van der Waals surface area contributed by atoms with E-state index in [9.17, 15) is 18.3 Å². The lowest BCUT2D eigenvalue weighted by molar-refractivity contribution is -0.115. The zero-order chi connectivity index (χ0) is 16.6. The first-order valence-corrected chi connectivity index (χ1v) is 9.26. The highest BCUT2D eigenvalue weighted by Crippen LogP contribution is 2.38. The molecule has 1 saturated carbocycles. The lowest BCUT2D eigenvalue weighted by Gasteiger charge is -2.31. The highest BCUT2D eigenvalue weighted by Gasteiger charge is 2.39. The van der Waals surface area contributed by atoms with Crippen LogP contribution in [0.5, 0.6) is 5.75 Å². The molecular formula is C15H20N2O5S. The van der Waals surface area contributed by atoms with Gasteiger partial charge in [0.15, 0.2) is 0 Å². The van der Waals surface area contributed by atoms with Crippen LogP contribution in [0.15, 0.2) is 18.2 Å². The van der Waals surface area contributed by atoms with Gasteiger partial charge in [0, 0.05) is 12.7 Å². The van der Waals surface area contributed by atoms with E-state index < -0.39 is 15.9 Å². The van der Waals surface area contributed by atoms with Crippen molar-refractivity contribution in [3.63, 3.8) is 0 Å². The molecule has 1 unspecified atom stereocenters. The number of aromatic hydroxyl groups is 1. The van der Waals surface area contributed by atoms with Gasteiger partial charge in [-0.25, -0.2) is 8.42 Å². The maximum atomic E-state index is 12.8. The van der Waals surface area contributed by atoms with Crippen LogP contribution < -0.4 is 9.62 Å². The minimum atomic E-state index is -3.74. The molecule has 7 nitrogen and oxygen atoms in total. The number of nitrogens with zero attached hydrogens (tertiary/aromatic N) is 1. The monoisotopic (exact) mass is 340 g/mol. The number of amides is 1. The quantitative estimate of drug-likeness (QED) is 0.761. The van der Waals surface area contributed by atoms with E-state index in [-0.39, 0.29) is 35.8 Å². The van der Waals surface area contributed by atoms with Gasteiger partial charge in [0.2, 0.25) is 15.9 Å². The molecule has 126 valence electrons. The maximum Gasteiger partial charge on any atom is 0.245 e. The topological polar surface area (TPSA) is 95.9 Å². The van der Waals surface area contributed by atoms with Gasteiger partial charge < -0.3 is 15.2 Å². The molecule has 23 heavy (non-hydrogen) atoms. The number of carbonyl (C=O) groups is 1. The fourth-order valence-corrected chi connectivity index (χ4v) is 4.51. The van der Waals surface area contributed by atoms with Crippen LogP contribution in [0.25, 0.3) is 0 Å². The van der Waals surface area contributed by atoms with Crippen LogP contribution in [0.1, 0.15) is 19.8 Å². The predicted octanol–water partition coefficient (Wildman–Crippen LogP) is 1.30. The Morgan fingerprint density at radius 2 is 2.17 bits per heavy atom. The summed E-state index contributed by atoms with van der Waals surface area (Å²) in [6.45, 7) is 2.00. The fourth-order valence-electron chi connectivity index (χ4n) is 2.79. The summed E-state index contributed by atoms with van der Waals surface area (Å²) in [5.41, 5.74) is 0.664. The third-order valence-corrected chi connectivity index (χ3v) is 5.80. The summed E-state index contributed by atoms with van der Waals surface area (Å²) in [5, 5.41) is 12.3. The summed E-state index contributed by atoms with van der Waals surface area (Å²) < 4.78 is 32.3. The number of phenols is 1. The van der Waals surface area contributed by atoms with Gasteiger partial charge in [-0.2, -0.15) is 0 Å². The molecule has 1 aliphatic carbocycles. The summed E-state index contributed by atoms with van der Waals surface area (Å²) >= 11 is 0. The zero-order valence-electron chi connectivity index (χ0n) is 12.9. The van der Waals surface area contributed by atoms with E-state index >= 15 is 0 Å². The van der Waals surface area contributed by atoms with E-state index in [1.807, 2.05) is 6.92 Å². The van der Waals surface area contributed by atoms with Gasteiger partial charge >= 0.3 is 0 Å². The van der Waals surface area contributed by atoms with Gasteiger partial charge in [-0.15, -0.1) is 0 Å². The van der Waals surface area contributed by atoms with Crippen LogP contribution in [0.4, 0.5) is 11.4 Å². The van der Waals surface area contributed by atoms with Crippen LogP contribution in [0.3, 0.4) is 0 Å². The molecule has 1 amide bonds. The third-order valence-electron chi connectivity index (χ3n) is 4.05. The lowest BCUT2D eigenvalue weighted by Crippen LogP contribution is -2.45. The average Bonchev–Trinajstić information content (AvgIpc) is 3.31. The van der Waals surface area contributed by atoms with Crippen molar-refractivity contribution in [1.82, 2.24) is 0 Å². The molecule has 1 heterocycles. The molecule has 1 aliphatic heterocycles. The Kier molecular flexibility index (Phi) is 4.20. The predicted molar refractivity (Wildman–Crippen MR) is 86.0 cm³/mol. The first-order chi connectivity index (χ1) is 10.9. The van der Waals surface area contributed by atoms with Gasteiger partial charge in [0.1, 0.15) is 12.3 Å². The maximum absolute atomic E-state index is 12.8. The second kappa shape index (κ2) is 6.01. The second-order valence-electron chi connectivity index (χ2n) is 5.87. The normalized spacial score (nSPS) is 19.2. The smallest absolute Gasteiger partial charge is 0.245 e. The van der Waals surface area contributed by atoms with Gasteiger partial charge in [0.25, 0.3) is 0 Å². The molecule has 1 atom stereocenters. The van der Waals surface area contributed by atoms with Gasteiger partial charge in [-0.05, 0) is 37.8 Å². The number of benzene rings is 1. The van der Waals surface area contributed by atoms with Gasteiger partial charge in [-0.3, -0.25) is 9.10 Å². The molecule has 0 bridgehead atoms. The van der Waals surface area contributed by atoms with E-state index in [0.717, 1.165) is 17.1 Å². The Morgan fingerprint density at radius 3 is 2.83 bits per heavy atom. The Morgan fingerprint density at radius 1 is 1.43 bits per heavy atom. The summed E-state index contributed by atoms with van der Waals surface area (Å²) in [6.07, 6.45) is 1.59. The van der Waals surface area contributed by atoms with Crippen LogP contribution >= 0.6 is 0 Å². The highest BCUT2D eigenvalue weighted by molar-refractivity contribution is 7.92. The van der Waals surface area contributed by atoms with Crippen molar-refractivity contribution < 1.29 is 23.1 Å². The molecule has 0 radical (unpaired) electrons. The first kappa shape index (κ1) is 16.1. The van der Waals surface area contributed by atoms with Crippen molar-refractivity contribution in [1.29, 1.82) is 0 Å². The zero-order valence-corrected chi connectivity index (χ0v) is 13.7. The third kappa shape index (κ3) is 3.42. The summed E-state index contributed by atoms with van der Waals surface area (Å²) in [7, 11) is -3.74. The highest BCUT2D eigenvalue weighted by atomic mass is 32.2. The Balaban J connectivity index is 1.90. The summed E-state index contributed by atoms with van der Waals surface area (Å²) in [4.78, 5) is 11.8. The van der Waals surface area contributed by atoms with Gasteiger partial charge in [0.05, 0.1) is 23.2 Å². The fraction of sp³-hybridized carbons (Fsp3) is 0.533. The Bertz CT molecular complexity index is 715. The van der Waals surface area contributed by atoms with E-state index in [4.69, 9.17) is 4.74 Å². The van der Waals surface area contributed by atoms with Crippen LogP contribution in [-0.4, -0.2) is 44.4 Å². The largest absolute Gasteiger partial charge is 0.508 e. The summed E-state index contributed by atoms with van der Waals surface area (Å²) in [6, 6.07) is 4.24. The molecule has 0 saturated heterocycles. The Hall–Kier alpha value is -1.80. The van der Waals surface area contributed by atoms with E-state index in [0.29, 0.717) is 12.3 Å². The van der Waals surface area contributed by atoms with Crippen molar-refractivity contribution in [2.45, 2.75) is 25.9 Å². The van der Waals surface area contributed by atoms with Crippen LogP contribution in [-0.2, 0) is 19.6 Å².